The molecular formula is C19H20N2O3S. The number of anilines is 2. The summed E-state index contributed by atoms with van der Waals surface area (Å²) in [5, 5.41) is 2.83. The van der Waals surface area contributed by atoms with Crippen LogP contribution in [0.4, 0.5) is 11.4 Å². The van der Waals surface area contributed by atoms with Gasteiger partial charge in [-0.1, -0.05) is 30.3 Å². The zero-order valence-corrected chi connectivity index (χ0v) is 14.8. The van der Waals surface area contributed by atoms with Crippen molar-refractivity contribution in [3.8, 4) is 0 Å². The Morgan fingerprint density at radius 2 is 1.84 bits per heavy atom. The highest BCUT2D eigenvalue weighted by Crippen LogP contribution is 2.24. The van der Waals surface area contributed by atoms with Gasteiger partial charge in [-0.2, -0.15) is 0 Å². The van der Waals surface area contributed by atoms with E-state index < -0.39 is 10.0 Å². The number of hydrogen-bond donors (Lipinski definition) is 1. The minimum absolute atomic E-state index is 0.202. The Balaban J connectivity index is 1.66. The van der Waals surface area contributed by atoms with Gasteiger partial charge in [0, 0.05) is 18.3 Å². The summed E-state index contributed by atoms with van der Waals surface area (Å²) < 4.78 is 25.3. The van der Waals surface area contributed by atoms with Gasteiger partial charge in [0.2, 0.25) is 15.9 Å². The van der Waals surface area contributed by atoms with Crippen molar-refractivity contribution in [3.63, 3.8) is 0 Å². The Kier molecular flexibility index (Phi) is 4.90. The number of nitrogens with zero attached hydrogens (tertiary/aromatic N) is 1. The molecular weight excluding hydrogens is 336 g/mol. The Labute approximate surface area is 148 Å². The molecule has 1 heterocycles. The Hall–Kier alpha value is -2.60. The molecule has 1 amide bonds. The van der Waals surface area contributed by atoms with Gasteiger partial charge in [-0.3, -0.25) is 9.10 Å². The molecule has 0 aromatic heterocycles. The van der Waals surface area contributed by atoms with E-state index in [4.69, 9.17) is 0 Å². The third-order valence-electron chi connectivity index (χ3n) is 4.11. The highest BCUT2D eigenvalue weighted by Gasteiger charge is 2.28. The van der Waals surface area contributed by atoms with Crippen LogP contribution in [0, 0.1) is 6.92 Å². The molecule has 5 nitrogen and oxygen atoms in total. The van der Waals surface area contributed by atoms with Crippen molar-refractivity contribution in [2.45, 2.75) is 13.3 Å². The molecule has 25 heavy (non-hydrogen) atoms. The van der Waals surface area contributed by atoms with Crippen molar-refractivity contribution in [2.75, 3.05) is 21.9 Å². The zero-order valence-electron chi connectivity index (χ0n) is 14.0. The average Bonchev–Trinajstić information content (AvgIpc) is 2.95. The first-order valence-corrected chi connectivity index (χ1v) is 9.72. The fourth-order valence-corrected chi connectivity index (χ4v) is 4.31. The molecule has 130 valence electrons. The summed E-state index contributed by atoms with van der Waals surface area (Å²) in [6, 6.07) is 14.7. The van der Waals surface area contributed by atoms with Gasteiger partial charge in [-0.15, -0.1) is 0 Å². The van der Waals surface area contributed by atoms with E-state index in [0.717, 1.165) is 16.8 Å². The molecule has 2 aromatic rings. The van der Waals surface area contributed by atoms with E-state index in [9.17, 15) is 13.2 Å². The molecule has 0 spiro atoms. The second kappa shape index (κ2) is 7.11. The number of aryl methyl sites for hydroxylation is 1. The van der Waals surface area contributed by atoms with E-state index in [-0.39, 0.29) is 11.7 Å². The predicted octanol–water partition coefficient (Wildman–Crippen LogP) is 3.19. The minimum Gasteiger partial charge on any atom is -0.322 e. The van der Waals surface area contributed by atoms with Crippen LogP contribution in [0.2, 0.25) is 0 Å². The third-order valence-corrected chi connectivity index (χ3v) is 5.98. The van der Waals surface area contributed by atoms with Gasteiger partial charge in [0.15, 0.2) is 0 Å². The maximum atomic E-state index is 12.0. The molecule has 1 aliphatic rings. The summed E-state index contributed by atoms with van der Waals surface area (Å²) in [7, 11) is -3.17. The summed E-state index contributed by atoms with van der Waals surface area (Å²) in [6.07, 6.45) is 3.83. The van der Waals surface area contributed by atoms with Gasteiger partial charge >= 0.3 is 0 Å². The number of hydrogen-bond acceptors (Lipinski definition) is 3. The topological polar surface area (TPSA) is 66.5 Å². The number of para-hydroxylation sites is 1. The quantitative estimate of drug-likeness (QED) is 0.856. The lowest BCUT2D eigenvalue weighted by Crippen LogP contribution is -2.24. The van der Waals surface area contributed by atoms with Crippen molar-refractivity contribution in [1.82, 2.24) is 0 Å². The van der Waals surface area contributed by atoms with Crippen LogP contribution in [-0.4, -0.2) is 26.6 Å². The number of carbonyl (C=O) groups excluding carboxylic acids is 1. The second-order valence-electron chi connectivity index (χ2n) is 5.97. The number of rotatable bonds is 4. The van der Waals surface area contributed by atoms with Crippen molar-refractivity contribution in [3.05, 3.63) is 65.7 Å². The largest absolute Gasteiger partial charge is 0.322 e. The highest BCUT2D eigenvalue weighted by molar-refractivity contribution is 7.93. The maximum Gasteiger partial charge on any atom is 0.248 e. The van der Waals surface area contributed by atoms with Gasteiger partial charge in [0.25, 0.3) is 0 Å². The van der Waals surface area contributed by atoms with Crippen LogP contribution in [0.1, 0.15) is 17.5 Å². The Bertz CT molecular complexity index is 903. The van der Waals surface area contributed by atoms with Crippen LogP contribution >= 0.6 is 0 Å². The molecule has 3 rings (SSSR count). The number of carbonyl (C=O) groups is 1. The fraction of sp³-hybridized carbons (Fsp3) is 0.211. The van der Waals surface area contributed by atoms with Crippen LogP contribution in [0.3, 0.4) is 0 Å². The van der Waals surface area contributed by atoms with Crippen LogP contribution in [0.25, 0.3) is 6.08 Å². The molecule has 0 aliphatic carbocycles. The van der Waals surface area contributed by atoms with E-state index in [1.807, 2.05) is 31.2 Å². The number of benzene rings is 2. The molecule has 1 aliphatic heterocycles. The molecule has 0 saturated carbocycles. The number of sulfonamides is 1. The van der Waals surface area contributed by atoms with Crippen LogP contribution in [0.15, 0.2) is 54.6 Å². The molecule has 2 aromatic carbocycles. The number of nitrogens with one attached hydrogen (secondary N) is 1. The summed E-state index contributed by atoms with van der Waals surface area (Å²) in [5.41, 5.74) is 3.28. The van der Waals surface area contributed by atoms with E-state index in [1.165, 1.54) is 10.4 Å². The van der Waals surface area contributed by atoms with Gasteiger partial charge in [0.1, 0.15) is 0 Å². The van der Waals surface area contributed by atoms with Crippen molar-refractivity contribution < 1.29 is 13.2 Å². The second-order valence-corrected chi connectivity index (χ2v) is 7.98. The lowest BCUT2D eigenvalue weighted by Gasteiger charge is -2.16. The van der Waals surface area contributed by atoms with Crippen LogP contribution in [-0.2, 0) is 14.8 Å². The van der Waals surface area contributed by atoms with E-state index in [2.05, 4.69) is 5.32 Å². The van der Waals surface area contributed by atoms with Gasteiger partial charge < -0.3 is 5.32 Å². The van der Waals surface area contributed by atoms with Crippen LogP contribution < -0.4 is 9.62 Å². The molecule has 1 N–H and O–H groups in total. The molecule has 0 unspecified atom stereocenters. The summed E-state index contributed by atoms with van der Waals surface area (Å²) in [5.74, 6) is -0.00576. The molecule has 0 radical (unpaired) electrons. The first-order chi connectivity index (χ1) is 12.0. The predicted molar refractivity (Wildman–Crippen MR) is 101 cm³/mol. The SMILES string of the molecule is Cc1ccccc1NC(=O)/C=C/c1ccc(N2CCCS2(=O)=O)cc1. The van der Waals surface area contributed by atoms with Gasteiger partial charge in [-0.05, 0) is 48.7 Å². The monoisotopic (exact) mass is 356 g/mol. The molecule has 1 fully saturated rings. The molecule has 0 atom stereocenters. The van der Waals surface area contributed by atoms with Crippen molar-refractivity contribution in [1.29, 1.82) is 0 Å². The zero-order chi connectivity index (χ0) is 17.9. The smallest absolute Gasteiger partial charge is 0.248 e. The van der Waals surface area contributed by atoms with E-state index >= 15 is 0 Å². The number of amides is 1. The Morgan fingerprint density at radius 1 is 1.12 bits per heavy atom. The average molecular weight is 356 g/mol. The highest BCUT2D eigenvalue weighted by atomic mass is 32.2. The molecule has 0 bridgehead atoms. The molecule has 1 saturated heterocycles. The van der Waals surface area contributed by atoms with E-state index in [0.29, 0.717) is 18.7 Å². The van der Waals surface area contributed by atoms with E-state index in [1.54, 1.807) is 30.3 Å². The van der Waals surface area contributed by atoms with Gasteiger partial charge in [0.05, 0.1) is 11.4 Å². The normalized spacial score (nSPS) is 16.3. The summed E-state index contributed by atoms with van der Waals surface area (Å²) in [4.78, 5) is 12.0. The first kappa shape index (κ1) is 17.2. The lowest BCUT2D eigenvalue weighted by atomic mass is 10.2. The summed E-state index contributed by atoms with van der Waals surface area (Å²) in [6.45, 7) is 2.46. The first-order valence-electron chi connectivity index (χ1n) is 8.11. The van der Waals surface area contributed by atoms with Crippen molar-refractivity contribution >= 4 is 33.4 Å². The fourth-order valence-electron chi connectivity index (χ4n) is 2.74. The Morgan fingerprint density at radius 3 is 2.48 bits per heavy atom. The third kappa shape index (κ3) is 4.09. The summed E-state index contributed by atoms with van der Waals surface area (Å²) >= 11 is 0. The van der Waals surface area contributed by atoms with Gasteiger partial charge in [-0.25, -0.2) is 8.42 Å². The lowest BCUT2D eigenvalue weighted by molar-refractivity contribution is -0.111. The molecule has 6 heteroatoms. The van der Waals surface area contributed by atoms with Crippen LogP contribution in [0.5, 0.6) is 0 Å². The minimum atomic E-state index is -3.17. The maximum absolute atomic E-state index is 12.0. The standard InChI is InChI=1S/C19H20N2O3S/c1-15-5-2-3-6-18(15)20-19(22)12-9-16-7-10-17(11-8-16)21-13-4-14-25(21,23)24/h2-3,5-12H,4,13-14H2,1H3,(H,20,22)/b12-9+. The van der Waals surface area contributed by atoms with Crippen molar-refractivity contribution in [2.24, 2.45) is 0 Å².